The van der Waals surface area contributed by atoms with Crippen LogP contribution in [0.15, 0.2) is 18.5 Å². The lowest BCUT2D eigenvalue weighted by Gasteiger charge is -2.13. The molecule has 0 bridgehead atoms. The van der Waals surface area contributed by atoms with Crippen LogP contribution in [0.4, 0.5) is 0 Å². The Hall–Kier alpha value is -1.99. The lowest BCUT2D eigenvalue weighted by molar-refractivity contribution is -0.129. The second-order valence-electron chi connectivity index (χ2n) is 3.27. The molecule has 1 aromatic heterocycles. The standard InChI is InChI=1S/C11H13NO6/c1-16-9(17-2)6-18-11(15)8-3-7(10(13)14)4-12-5-8/h3-5,9H,6H2,1-2H3,(H,13,14). The van der Waals surface area contributed by atoms with Crippen molar-refractivity contribution in [3.63, 3.8) is 0 Å². The minimum absolute atomic E-state index is 0.0563. The van der Waals surface area contributed by atoms with Crippen LogP contribution in [0.5, 0.6) is 0 Å². The molecule has 1 rings (SSSR count). The minimum Gasteiger partial charge on any atom is -0.478 e. The summed E-state index contributed by atoms with van der Waals surface area (Å²) in [7, 11) is 2.82. The van der Waals surface area contributed by atoms with E-state index < -0.39 is 18.2 Å². The van der Waals surface area contributed by atoms with Crippen molar-refractivity contribution < 1.29 is 28.9 Å². The van der Waals surface area contributed by atoms with E-state index in [-0.39, 0.29) is 17.7 Å². The first-order valence-corrected chi connectivity index (χ1v) is 4.99. The molecule has 0 fully saturated rings. The Morgan fingerprint density at radius 1 is 1.28 bits per heavy atom. The zero-order valence-corrected chi connectivity index (χ0v) is 9.95. The lowest BCUT2D eigenvalue weighted by atomic mass is 10.2. The summed E-state index contributed by atoms with van der Waals surface area (Å²) in [5.41, 5.74) is -0.0275. The SMILES string of the molecule is COC(COC(=O)c1cncc(C(=O)O)c1)OC. The van der Waals surface area contributed by atoms with Gasteiger partial charge in [-0.05, 0) is 6.07 Å². The molecule has 0 aliphatic heterocycles. The van der Waals surface area contributed by atoms with Gasteiger partial charge in [0.25, 0.3) is 0 Å². The fraction of sp³-hybridized carbons (Fsp3) is 0.364. The molecular formula is C11H13NO6. The Kier molecular flexibility index (Phi) is 5.22. The molecule has 7 nitrogen and oxygen atoms in total. The maximum atomic E-state index is 11.6. The van der Waals surface area contributed by atoms with Crippen LogP contribution in [0.1, 0.15) is 20.7 Å². The van der Waals surface area contributed by atoms with E-state index in [1.165, 1.54) is 26.5 Å². The fourth-order valence-corrected chi connectivity index (χ4v) is 1.13. The van der Waals surface area contributed by atoms with Crippen LogP contribution in [0.25, 0.3) is 0 Å². The largest absolute Gasteiger partial charge is 0.478 e. The quantitative estimate of drug-likeness (QED) is 0.586. The Bertz CT molecular complexity index is 429. The van der Waals surface area contributed by atoms with Crippen LogP contribution < -0.4 is 0 Å². The molecule has 1 N–H and O–H groups in total. The molecule has 0 amide bonds. The molecule has 0 saturated heterocycles. The Morgan fingerprint density at radius 2 is 1.89 bits per heavy atom. The molecular weight excluding hydrogens is 242 g/mol. The van der Waals surface area contributed by atoms with Gasteiger partial charge >= 0.3 is 11.9 Å². The maximum absolute atomic E-state index is 11.6. The summed E-state index contributed by atoms with van der Waals surface area (Å²) >= 11 is 0. The summed E-state index contributed by atoms with van der Waals surface area (Å²) in [4.78, 5) is 25.9. The number of aromatic nitrogens is 1. The number of ether oxygens (including phenoxy) is 3. The van der Waals surface area contributed by atoms with Crippen LogP contribution in [-0.2, 0) is 14.2 Å². The number of methoxy groups -OCH3 is 2. The van der Waals surface area contributed by atoms with Crippen molar-refractivity contribution in [1.29, 1.82) is 0 Å². The number of aromatic carboxylic acids is 1. The highest BCUT2D eigenvalue weighted by Gasteiger charge is 2.14. The van der Waals surface area contributed by atoms with Gasteiger partial charge in [0.15, 0.2) is 6.29 Å². The molecule has 18 heavy (non-hydrogen) atoms. The predicted molar refractivity (Wildman–Crippen MR) is 59.3 cm³/mol. The number of nitrogens with zero attached hydrogens (tertiary/aromatic N) is 1. The van der Waals surface area contributed by atoms with Crippen molar-refractivity contribution in [3.05, 3.63) is 29.6 Å². The van der Waals surface area contributed by atoms with Gasteiger partial charge in [-0.2, -0.15) is 0 Å². The van der Waals surface area contributed by atoms with E-state index in [0.29, 0.717) is 0 Å². The van der Waals surface area contributed by atoms with Crippen molar-refractivity contribution >= 4 is 11.9 Å². The summed E-state index contributed by atoms with van der Waals surface area (Å²) in [6.45, 7) is -0.0941. The molecule has 0 aliphatic rings. The second-order valence-corrected chi connectivity index (χ2v) is 3.27. The number of hydrogen-bond acceptors (Lipinski definition) is 6. The Labute approximate surface area is 103 Å². The van der Waals surface area contributed by atoms with Gasteiger partial charge in [0.05, 0.1) is 11.1 Å². The highest BCUT2D eigenvalue weighted by Crippen LogP contribution is 2.05. The second kappa shape index (κ2) is 6.67. The summed E-state index contributed by atoms with van der Waals surface area (Å²) in [5, 5.41) is 8.75. The molecule has 98 valence electrons. The van der Waals surface area contributed by atoms with Gasteiger partial charge in [0.2, 0.25) is 0 Å². The lowest BCUT2D eigenvalue weighted by Crippen LogP contribution is -2.22. The first-order chi connectivity index (χ1) is 8.58. The topological polar surface area (TPSA) is 95.0 Å². The van der Waals surface area contributed by atoms with Crippen LogP contribution in [0.3, 0.4) is 0 Å². The number of pyridine rings is 1. The van der Waals surface area contributed by atoms with E-state index in [9.17, 15) is 9.59 Å². The summed E-state index contributed by atoms with van der Waals surface area (Å²) in [6.07, 6.45) is 1.71. The van der Waals surface area contributed by atoms with Gasteiger partial charge in [0.1, 0.15) is 6.61 Å². The number of esters is 1. The van der Waals surface area contributed by atoms with Crippen molar-refractivity contribution in [2.75, 3.05) is 20.8 Å². The van der Waals surface area contributed by atoms with Gasteiger partial charge in [0, 0.05) is 26.6 Å². The number of carbonyl (C=O) groups excluding carboxylic acids is 1. The average Bonchev–Trinajstić information content (AvgIpc) is 2.39. The van der Waals surface area contributed by atoms with Crippen molar-refractivity contribution in [2.45, 2.75) is 6.29 Å². The zero-order valence-electron chi connectivity index (χ0n) is 9.95. The van der Waals surface area contributed by atoms with Crippen LogP contribution in [0.2, 0.25) is 0 Å². The summed E-state index contributed by atoms with van der Waals surface area (Å²) in [6, 6.07) is 1.19. The van der Waals surface area contributed by atoms with Crippen LogP contribution in [0, 0.1) is 0 Å². The predicted octanol–water partition coefficient (Wildman–Crippen LogP) is 0.555. The average molecular weight is 255 g/mol. The third-order valence-electron chi connectivity index (χ3n) is 2.10. The van der Waals surface area contributed by atoms with E-state index in [1.807, 2.05) is 0 Å². The number of carbonyl (C=O) groups is 2. The van der Waals surface area contributed by atoms with Crippen molar-refractivity contribution in [1.82, 2.24) is 4.98 Å². The first kappa shape index (κ1) is 14.1. The molecule has 0 unspecified atom stereocenters. The molecule has 1 aromatic rings. The number of carboxylic acids is 1. The smallest absolute Gasteiger partial charge is 0.339 e. The van der Waals surface area contributed by atoms with Gasteiger partial charge in [-0.3, -0.25) is 4.98 Å². The maximum Gasteiger partial charge on any atom is 0.339 e. The normalized spacial score (nSPS) is 10.4. The molecule has 0 spiro atoms. The van der Waals surface area contributed by atoms with Gasteiger partial charge in [-0.1, -0.05) is 0 Å². The van der Waals surface area contributed by atoms with E-state index >= 15 is 0 Å². The number of hydrogen-bond donors (Lipinski definition) is 1. The third kappa shape index (κ3) is 3.79. The van der Waals surface area contributed by atoms with Crippen molar-refractivity contribution in [2.24, 2.45) is 0 Å². The van der Waals surface area contributed by atoms with E-state index in [2.05, 4.69) is 4.98 Å². The van der Waals surface area contributed by atoms with E-state index in [4.69, 9.17) is 19.3 Å². The number of carboxylic acid groups (broad SMARTS) is 1. The highest BCUT2D eigenvalue weighted by atomic mass is 16.7. The van der Waals surface area contributed by atoms with Gasteiger partial charge in [-0.15, -0.1) is 0 Å². The molecule has 0 atom stereocenters. The Balaban J connectivity index is 2.67. The van der Waals surface area contributed by atoms with Crippen LogP contribution >= 0.6 is 0 Å². The van der Waals surface area contributed by atoms with Crippen LogP contribution in [-0.4, -0.2) is 49.1 Å². The molecule has 0 aromatic carbocycles. The highest BCUT2D eigenvalue weighted by molar-refractivity contribution is 5.93. The van der Waals surface area contributed by atoms with E-state index in [1.54, 1.807) is 0 Å². The monoisotopic (exact) mass is 255 g/mol. The van der Waals surface area contributed by atoms with E-state index in [0.717, 1.165) is 6.20 Å². The molecule has 0 radical (unpaired) electrons. The molecule has 7 heteroatoms. The fourth-order valence-electron chi connectivity index (χ4n) is 1.13. The zero-order chi connectivity index (χ0) is 13.5. The minimum atomic E-state index is -1.16. The molecule has 1 heterocycles. The summed E-state index contributed by atoms with van der Waals surface area (Å²) < 4.78 is 14.6. The Morgan fingerprint density at radius 3 is 2.44 bits per heavy atom. The molecule has 0 saturated carbocycles. The van der Waals surface area contributed by atoms with Crippen molar-refractivity contribution in [3.8, 4) is 0 Å². The third-order valence-corrected chi connectivity index (χ3v) is 2.10. The van der Waals surface area contributed by atoms with Gasteiger partial charge in [-0.25, -0.2) is 9.59 Å². The van der Waals surface area contributed by atoms with Gasteiger partial charge < -0.3 is 19.3 Å². The molecule has 0 aliphatic carbocycles. The summed E-state index contributed by atoms with van der Waals surface area (Å²) in [5.74, 6) is -1.85. The number of rotatable bonds is 6. The first-order valence-electron chi connectivity index (χ1n) is 4.99.